The van der Waals surface area contributed by atoms with Crippen molar-refractivity contribution in [1.82, 2.24) is 30.2 Å². The van der Waals surface area contributed by atoms with Crippen LogP contribution in [0.3, 0.4) is 0 Å². The second kappa shape index (κ2) is 11.2. The molecule has 0 aromatic carbocycles. The molecule has 38 heavy (non-hydrogen) atoms. The van der Waals surface area contributed by atoms with Gasteiger partial charge < -0.3 is 30.2 Å². The molecule has 212 valence electrons. The van der Waals surface area contributed by atoms with E-state index >= 15 is 0 Å². The summed E-state index contributed by atoms with van der Waals surface area (Å²) in [6.45, 7) is 4.10. The van der Waals surface area contributed by atoms with Gasteiger partial charge in [-0.1, -0.05) is 25.7 Å². The number of nitrogens with zero attached hydrogens (tertiary/aromatic N) is 4. The molecule has 0 aromatic heterocycles. The minimum atomic E-state index is 0.0249. The maximum atomic E-state index is 12.9. The molecule has 7 aliphatic rings. The highest BCUT2D eigenvalue weighted by molar-refractivity contribution is 5.81. The van der Waals surface area contributed by atoms with Gasteiger partial charge in [0.05, 0.1) is 24.2 Å². The van der Waals surface area contributed by atoms with Crippen LogP contribution >= 0.6 is 0 Å². The fraction of sp³-hybridized carbons (Fsp3) is 0.897. The van der Waals surface area contributed by atoms with Gasteiger partial charge in [0.25, 0.3) is 0 Å². The molecule has 5 amide bonds. The Morgan fingerprint density at radius 1 is 0.684 bits per heavy atom. The molecule has 9 nitrogen and oxygen atoms in total. The number of carbonyl (C=O) groups is 3. The van der Waals surface area contributed by atoms with Crippen molar-refractivity contribution in [2.45, 2.75) is 126 Å². The first-order chi connectivity index (χ1) is 18.5. The lowest BCUT2D eigenvalue weighted by Gasteiger charge is -2.44. The summed E-state index contributed by atoms with van der Waals surface area (Å²) in [5.41, 5.74) is 0. The normalized spacial score (nSPS) is 34.7. The van der Waals surface area contributed by atoms with E-state index in [1.165, 1.54) is 38.5 Å². The number of hydrogen-bond acceptors (Lipinski definition) is 4. The second-order valence-corrected chi connectivity index (χ2v) is 12.9. The van der Waals surface area contributed by atoms with Crippen LogP contribution in [-0.4, -0.2) is 107 Å². The van der Waals surface area contributed by atoms with Crippen LogP contribution < -0.4 is 10.6 Å². The Labute approximate surface area is 228 Å². The molecule has 4 aliphatic heterocycles. The van der Waals surface area contributed by atoms with Crippen LogP contribution in [0, 0.1) is 5.92 Å². The number of carbonyl (C=O) groups excluding carboxylic acids is 3. The Hall–Kier alpha value is -2.03. The maximum absolute atomic E-state index is 12.9. The van der Waals surface area contributed by atoms with Crippen molar-refractivity contribution in [3.05, 3.63) is 0 Å². The van der Waals surface area contributed by atoms with Gasteiger partial charge in [-0.2, -0.15) is 0 Å². The van der Waals surface area contributed by atoms with Crippen LogP contribution in [0.25, 0.3) is 0 Å². The zero-order valence-corrected chi connectivity index (χ0v) is 23.3. The van der Waals surface area contributed by atoms with Gasteiger partial charge in [-0.25, -0.2) is 9.59 Å². The zero-order chi connectivity index (χ0) is 26.2. The summed E-state index contributed by atoms with van der Waals surface area (Å²) in [5.74, 6) is 0.767. The number of piperidine rings is 2. The molecule has 0 spiro atoms. The van der Waals surface area contributed by atoms with E-state index in [0.29, 0.717) is 48.1 Å². The standard InChI is InChI=1S/C22H36N4O2.C7H12N2O/c1-23-19-4-2-3-5-20(19)26(22(23)28)18-10-12-24(13-11-18)17-8-14-25(15-9-17)21(27)16-6-7-16;10-7-8-5-3-1-2-4-6(5)9-7/h16-20H,2-15H2,1H3;5-6H,1-4H2,(H2,8,9,10)/t19-,20-;/m0./s1. The van der Waals surface area contributed by atoms with Gasteiger partial charge in [0.15, 0.2) is 0 Å². The highest BCUT2D eigenvalue weighted by atomic mass is 16.2. The lowest BCUT2D eigenvalue weighted by atomic mass is 9.88. The molecule has 3 saturated carbocycles. The van der Waals surface area contributed by atoms with E-state index in [2.05, 4.69) is 25.3 Å². The van der Waals surface area contributed by atoms with Crippen LogP contribution in [-0.2, 0) is 4.79 Å². The Morgan fingerprint density at radius 3 is 1.84 bits per heavy atom. The predicted octanol–water partition coefficient (Wildman–Crippen LogP) is 3.14. The second-order valence-electron chi connectivity index (χ2n) is 12.9. The van der Waals surface area contributed by atoms with Crippen LogP contribution in [0.5, 0.6) is 0 Å². The van der Waals surface area contributed by atoms with Gasteiger partial charge in [0, 0.05) is 51.2 Å². The number of urea groups is 2. The molecule has 9 heteroatoms. The largest absolute Gasteiger partial charge is 0.342 e. The van der Waals surface area contributed by atoms with Crippen molar-refractivity contribution in [3.63, 3.8) is 0 Å². The summed E-state index contributed by atoms with van der Waals surface area (Å²) in [7, 11) is 2.01. The van der Waals surface area contributed by atoms with Crippen LogP contribution in [0.1, 0.15) is 89.9 Å². The fourth-order valence-corrected chi connectivity index (χ4v) is 8.18. The first-order valence-corrected chi connectivity index (χ1v) is 15.6. The molecule has 0 aromatic rings. The van der Waals surface area contributed by atoms with Crippen molar-refractivity contribution >= 4 is 18.0 Å². The van der Waals surface area contributed by atoms with Crippen molar-refractivity contribution in [3.8, 4) is 0 Å². The predicted molar refractivity (Wildman–Crippen MR) is 146 cm³/mol. The van der Waals surface area contributed by atoms with Crippen molar-refractivity contribution in [2.24, 2.45) is 5.92 Å². The molecular weight excluding hydrogens is 480 g/mol. The first kappa shape index (κ1) is 26.2. The van der Waals surface area contributed by atoms with Crippen molar-refractivity contribution in [2.75, 3.05) is 33.2 Å². The number of hydrogen-bond donors (Lipinski definition) is 2. The Kier molecular flexibility index (Phi) is 7.74. The minimum absolute atomic E-state index is 0.0249. The Morgan fingerprint density at radius 2 is 1.24 bits per heavy atom. The van der Waals surface area contributed by atoms with E-state index in [9.17, 15) is 14.4 Å². The van der Waals surface area contributed by atoms with E-state index in [-0.39, 0.29) is 12.1 Å². The number of likely N-dealkylation sites (N-methyl/N-ethyl adjacent to an activating group) is 1. The lowest BCUT2D eigenvalue weighted by Crippen LogP contribution is -2.53. The quantitative estimate of drug-likeness (QED) is 0.589. The van der Waals surface area contributed by atoms with E-state index in [0.717, 1.165) is 77.5 Å². The third kappa shape index (κ3) is 5.36. The number of amides is 5. The molecular formula is C29H48N6O3. The SMILES string of the molecule is CN1C(=O)N(C2CCN(C3CCN(C(=O)C4CC4)CC3)CC2)[C@H]2CCCC[C@@H]21.O=C1NC2CCCCC2N1. The van der Waals surface area contributed by atoms with E-state index in [1.54, 1.807) is 0 Å². The van der Waals surface area contributed by atoms with E-state index in [4.69, 9.17) is 0 Å². The first-order valence-electron chi connectivity index (χ1n) is 15.6. The highest BCUT2D eigenvalue weighted by Crippen LogP contribution is 2.37. The van der Waals surface area contributed by atoms with Crippen LogP contribution in [0.2, 0.25) is 0 Å². The monoisotopic (exact) mass is 528 g/mol. The molecule has 2 N–H and O–H groups in total. The number of rotatable bonds is 3. The van der Waals surface area contributed by atoms with Crippen molar-refractivity contribution in [1.29, 1.82) is 0 Å². The third-order valence-electron chi connectivity index (χ3n) is 10.6. The molecule has 4 saturated heterocycles. The number of nitrogens with one attached hydrogen (secondary N) is 2. The fourth-order valence-electron chi connectivity index (χ4n) is 8.18. The molecule has 0 radical (unpaired) electrons. The van der Waals surface area contributed by atoms with Crippen LogP contribution in [0.15, 0.2) is 0 Å². The van der Waals surface area contributed by atoms with Gasteiger partial charge in [-0.3, -0.25) is 4.79 Å². The van der Waals surface area contributed by atoms with Crippen molar-refractivity contribution < 1.29 is 14.4 Å². The molecule has 3 aliphatic carbocycles. The van der Waals surface area contributed by atoms with Gasteiger partial charge in [0.1, 0.15) is 0 Å². The summed E-state index contributed by atoms with van der Waals surface area (Å²) < 4.78 is 0. The summed E-state index contributed by atoms with van der Waals surface area (Å²) in [6, 6.07) is 3.13. The highest BCUT2D eigenvalue weighted by Gasteiger charge is 2.48. The number of fused-ring (bicyclic) bond motifs is 2. The van der Waals surface area contributed by atoms with Gasteiger partial charge >= 0.3 is 12.1 Å². The lowest BCUT2D eigenvalue weighted by molar-refractivity contribution is -0.134. The molecule has 2 unspecified atom stereocenters. The molecule has 0 bridgehead atoms. The average Bonchev–Trinajstić information content (AvgIpc) is 3.68. The maximum Gasteiger partial charge on any atom is 0.320 e. The summed E-state index contributed by atoms with van der Waals surface area (Å²) >= 11 is 0. The third-order valence-corrected chi connectivity index (χ3v) is 10.6. The minimum Gasteiger partial charge on any atom is -0.342 e. The molecule has 7 fully saturated rings. The van der Waals surface area contributed by atoms with E-state index < -0.39 is 0 Å². The zero-order valence-electron chi connectivity index (χ0n) is 23.3. The average molecular weight is 529 g/mol. The summed E-state index contributed by atoms with van der Waals surface area (Å²) in [6.07, 6.45) is 16.5. The smallest absolute Gasteiger partial charge is 0.320 e. The topological polar surface area (TPSA) is 88.2 Å². The van der Waals surface area contributed by atoms with Crippen LogP contribution in [0.4, 0.5) is 9.59 Å². The van der Waals surface area contributed by atoms with Gasteiger partial charge in [0.2, 0.25) is 5.91 Å². The Balaban J connectivity index is 0.000000221. The molecule has 7 rings (SSSR count). The molecule has 4 heterocycles. The Bertz CT molecular complexity index is 864. The summed E-state index contributed by atoms with van der Waals surface area (Å²) in [4.78, 5) is 45.1. The number of likely N-dealkylation sites (tertiary alicyclic amines) is 2. The molecule has 4 atom stereocenters. The van der Waals surface area contributed by atoms with Gasteiger partial charge in [-0.05, 0) is 64.2 Å². The van der Waals surface area contributed by atoms with E-state index in [1.807, 2.05) is 11.9 Å². The van der Waals surface area contributed by atoms with Gasteiger partial charge in [-0.15, -0.1) is 0 Å². The summed E-state index contributed by atoms with van der Waals surface area (Å²) in [5, 5.41) is 5.81.